The van der Waals surface area contributed by atoms with Crippen LogP contribution in [0.2, 0.25) is 0 Å². The van der Waals surface area contributed by atoms with Crippen LogP contribution in [0.5, 0.6) is 0 Å². The number of thioether (sulfide) groups is 2. The quantitative estimate of drug-likeness (QED) is 0.0615. The molecule has 0 radical (unpaired) electrons. The van der Waals surface area contributed by atoms with Gasteiger partial charge in [-0.05, 0) is 28.8 Å². The van der Waals surface area contributed by atoms with Gasteiger partial charge in [-0.15, -0.1) is 33.3 Å². The molecule has 2 atom stereocenters. The summed E-state index contributed by atoms with van der Waals surface area (Å²) in [6, 6.07) is 23.4. The van der Waals surface area contributed by atoms with Crippen molar-refractivity contribution < 1.29 is 24.0 Å². The van der Waals surface area contributed by atoms with Crippen LogP contribution in [0.3, 0.4) is 0 Å². The normalized spacial score (nSPS) is 17.1. The topological polar surface area (TPSA) is 180 Å². The summed E-state index contributed by atoms with van der Waals surface area (Å²) < 4.78 is 8.12. The zero-order valence-corrected chi connectivity index (χ0v) is 30.2. The largest absolute Gasteiger partial charge is 0.448 e. The molecule has 0 spiro atoms. The molecule has 5 heterocycles. The number of carbonyl (C=O) groups is 3. The molecule has 17 heteroatoms. The van der Waals surface area contributed by atoms with Crippen molar-refractivity contribution in [2.75, 3.05) is 24.3 Å². The second kappa shape index (κ2) is 15.4. The van der Waals surface area contributed by atoms with E-state index in [1.165, 1.54) is 35.5 Å². The van der Waals surface area contributed by atoms with E-state index in [4.69, 9.17) is 15.3 Å². The number of rotatable bonds is 12. The molecule has 5 aromatic rings. The number of aromatic nitrogens is 5. The van der Waals surface area contributed by atoms with E-state index in [0.29, 0.717) is 33.8 Å². The molecule has 0 bridgehead atoms. The predicted octanol–water partition coefficient (Wildman–Crippen LogP) is 4.05. The van der Waals surface area contributed by atoms with Gasteiger partial charge in [0.05, 0.1) is 0 Å². The molecule has 2 aliphatic heterocycles. The standard InChI is InChI=1S/C35H31N9O5S3/c1-43-29(23-15-9-10-16-37-23)40-41-35(43)52-18-22-17-50-32-26(39-30(45)25(42-48-2)24-19-51-34(36)38-24)31(46)44(32)27(22)33(47)49-28(20-11-5-3-6-12-20)21-13-7-4-8-14-21/h3-16,19,26,28,32H,17-18H2,1-2H3,(H2,36,38)(H,39,45)/b42-25+/t26-,32?/m1/s1. The van der Waals surface area contributed by atoms with E-state index in [2.05, 4.69) is 30.6 Å². The number of ether oxygens (including phenoxy) is 1. The second-order valence-corrected chi connectivity index (χ2v) is 14.4. The third-order valence-electron chi connectivity index (χ3n) is 8.22. The maximum absolute atomic E-state index is 14.4. The minimum absolute atomic E-state index is 0.128. The van der Waals surface area contributed by atoms with Crippen LogP contribution in [0.1, 0.15) is 22.9 Å². The van der Waals surface area contributed by atoms with E-state index in [9.17, 15) is 14.4 Å². The van der Waals surface area contributed by atoms with E-state index in [-0.39, 0.29) is 22.2 Å². The van der Waals surface area contributed by atoms with Crippen LogP contribution in [0, 0.1) is 0 Å². The van der Waals surface area contributed by atoms with Gasteiger partial charge in [0.1, 0.15) is 35.6 Å². The molecule has 52 heavy (non-hydrogen) atoms. The Kier molecular flexibility index (Phi) is 10.3. The lowest BCUT2D eigenvalue weighted by molar-refractivity contribution is -0.154. The Hall–Kier alpha value is -5.52. The first-order chi connectivity index (χ1) is 25.3. The summed E-state index contributed by atoms with van der Waals surface area (Å²) in [5.74, 6) is -0.510. The maximum Gasteiger partial charge on any atom is 0.356 e. The van der Waals surface area contributed by atoms with Crippen LogP contribution in [-0.2, 0) is 31.0 Å². The van der Waals surface area contributed by atoms with Crippen molar-refractivity contribution in [3.63, 3.8) is 0 Å². The number of β-lactam (4-membered cyclic amide) rings is 1. The van der Waals surface area contributed by atoms with Crippen LogP contribution >= 0.6 is 34.9 Å². The van der Waals surface area contributed by atoms with Gasteiger partial charge < -0.3 is 25.2 Å². The van der Waals surface area contributed by atoms with Gasteiger partial charge in [-0.1, -0.05) is 83.6 Å². The molecule has 2 aromatic carbocycles. The minimum atomic E-state index is -0.953. The number of nitrogen functional groups attached to an aromatic ring is 1. The summed E-state index contributed by atoms with van der Waals surface area (Å²) >= 11 is 3.95. The number of nitrogens with zero attached hydrogens (tertiary/aromatic N) is 7. The smallest absolute Gasteiger partial charge is 0.356 e. The fourth-order valence-corrected chi connectivity index (χ4v) is 8.69. The molecule has 0 aliphatic carbocycles. The first kappa shape index (κ1) is 34.9. The zero-order valence-electron chi connectivity index (χ0n) is 27.8. The number of pyridine rings is 1. The molecule has 1 fully saturated rings. The number of hydrogen-bond acceptors (Lipinski definition) is 14. The third kappa shape index (κ3) is 7.02. The summed E-state index contributed by atoms with van der Waals surface area (Å²) in [5, 5.41) is 17.1. The highest BCUT2D eigenvalue weighted by Crippen LogP contribution is 2.43. The van der Waals surface area contributed by atoms with Gasteiger partial charge in [0, 0.05) is 30.1 Å². The average molecular weight is 754 g/mol. The van der Waals surface area contributed by atoms with Crippen molar-refractivity contribution in [3.05, 3.63) is 119 Å². The van der Waals surface area contributed by atoms with Crippen LogP contribution in [0.15, 0.2) is 112 Å². The van der Waals surface area contributed by atoms with Crippen molar-refractivity contribution in [2.45, 2.75) is 22.7 Å². The number of nitrogens with two attached hydrogens (primary N) is 1. The molecule has 2 aliphatic rings. The van der Waals surface area contributed by atoms with Crippen molar-refractivity contribution in [3.8, 4) is 11.5 Å². The number of carbonyl (C=O) groups excluding carboxylic acids is 3. The summed E-state index contributed by atoms with van der Waals surface area (Å²) in [7, 11) is 3.15. The number of esters is 1. The molecule has 0 saturated carbocycles. The Balaban J connectivity index is 1.18. The molecule has 3 aromatic heterocycles. The molecule has 3 N–H and O–H groups in total. The predicted molar refractivity (Wildman–Crippen MR) is 198 cm³/mol. The summed E-state index contributed by atoms with van der Waals surface area (Å²) in [6.45, 7) is 0. The fourth-order valence-electron chi connectivity index (χ4n) is 5.74. The second-order valence-electron chi connectivity index (χ2n) is 11.5. The van der Waals surface area contributed by atoms with E-state index in [1.807, 2.05) is 90.5 Å². The maximum atomic E-state index is 14.4. The monoisotopic (exact) mass is 753 g/mol. The Labute approximate surface area is 310 Å². The van der Waals surface area contributed by atoms with Crippen LogP contribution in [-0.4, -0.2) is 83.2 Å². The third-order valence-corrected chi connectivity index (χ3v) is 11.3. The zero-order chi connectivity index (χ0) is 36.2. The summed E-state index contributed by atoms with van der Waals surface area (Å²) in [5.41, 5.74) is 8.89. The number of oxime groups is 1. The Morgan fingerprint density at radius 3 is 2.40 bits per heavy atom. The van der Waals surface area contributed by atoms with Crippen molar-refractivity contribution in [2.24, 2.45) is 12.2 Å². The van der Waals surface area contributed by atoms with E-state index >= 15 is 0 Å². The van der Waals surface area contributed by atoms with Crippen LogP contribution in [0.25, 0.3) is 11.5 Å². The molecular formula is C35H31N9O5S3. The molecule has 7 rings (SSSR count). The average Bonchev–Trinajstić information content (AvgIpc) is 3.78. The Morgan fingerprint density at radius 2 is 1.77 bits per heavy atom. The van der Waals surface area contributed by atoms with Gasteiger partial charge in [-0.2, -0.15) is 0 Å². The molecular weight excluding hydrogens is 723 g/mol. The molecule has 2 amide bonds. The highest BCUT2D eigenvalue weighted by Gasteiger charge is 2.55. The lowest BCUT2D eigenvalue weighted by Crippen LogP contribution is -2.71. The first-order valence-corrected chi connectivity index (χ1v) is 18.8. The van der Waals surface area contributed by atoms with E-state index in [0.717, 1.165) is 22.5 Å². The Bertz CT molecular complexity index is 2120. The lowest BCUT2D eigenvalue weighted by atomic mass is 10.0. The van der Waals surface area contributed by atoms with Crippen molar-refractivity contribution in [1.82, 2.24) is 34.9 Å². The number of fused-ring (bicyclic) bond motifs is 1. The molecule has 1 unspecified atom stereocenters. The number of hydrogen-bond donors (Lipinski definition) is 2. The fraction of sp³-hybridized carbons (Fsp3) is 0.200. The first-order valence-electron chi connectivity index (χ1n) is 15.9. The summed E-state index contributed by atoms with van der Waals surface area (Å²) in [6.07, 6.45) is 0.946. The van der Waals surface area contributed by atoms with E-state index < -0.39 is 35.3 Å². The van der Waals surface area contributed by atoms with Gasteiger partial charge in [0.15, 0.2) is 27.9 Å². The molecule has 1 saturated heterocycles. The van der Waals surface area contributed by atoms with Gasteiger partial charge in [-0.25, -0.2) is 9.78 Å². The molecule has 264 valence electrons. The van der Waals surface area contributed by atoms with Gasteiger partial charge in [-0.3, -0.25) is 19.5 Å². The highest BCUT2D eigenvalue weighted by molar-refractivity contribution is 8.01. The SMILES string of the molecule is CO/N=C(/C(=O)N[C@@H]1C(=O)N2C(C(=O)OC(c3ccccc3)c3ccccc3)=C(CSc3nnc(-c4ccccn4)n3C)CSC12)c1csc(N)n1. The lowest BCUT2D eigenvalue weighted by Gasteiger charge is -2.49. The van der Waals surface area contributed by atoms with Gasteiger partial charge in [0.2, 0.25) is 0 Å². The van der Waals surface area contributed by atoms with Crippen molar-refractivity contribution >= 4 is 63.5 Å². The number of thiazole rings is 1. The van der Waals surface area contributed by atoms with Gasteiger partial charge in [0.25, 0.3) is 11.8 Å². The van der Waals surface area contributed by atoms with E-state index in [1.54, 1.807) is 11.6 Å². The number of amides is 2. The molecule has 14 nitrogen and oxygen atoms in total. The highest BCUT2D eigenvalue weighted by atomic mass is 32.2. The Morgan fingerprint density at radius 1 is 1.06 bits per heavy atom. The number of nitrogens with one attached hydrogen (secondary N) is 1. The number of anilines is 1. The minimum Gasteiger partial charge on any atom is -0.448 e. The van der Waals surface area contributed by atoms with Crippen LogP contribution in [0.4, 0.5) is 5.13 Å². The van der Waals surface area contributed by atoms with Crippen LogP contribution < -0.4 is 11.1 Å². The summed E-state index contributed by atoms with van der Waals surface area (Å²) in [4.78, 5) is 56.6. The van der Waals surface area contributed by atoms with Crippen molar-refractivity contribution in [1.29, 1.82) is 0 Å². The van der Waals surface area contributed by atoms with Gasteiger partial charge >= 0.3 is 5.97 Å². The number of benzene rings is 2.